The Kier molecular flexibility index (Phi) is 5.25. The molecule has 1 aliphatic rings. The minimum atomic E-state index is -0.731. The highest BCUT2D eigenvalue weighted by Gasteiger charge is 2.37. The summed E-state index contributed by atoms with van der Waals surface area (Å²) in [5.41, 5.74) is -1.13. The maximum atomic E-state index is 11.9. The second-order valence-electron chi connectivity index (χ2n) is 7.50. The van der Waals surface area contributed by atoms with Gasteiger partial charge in [-0.2, -0.15) is 0 Å². The van der Waals surface area contributed by atoms with Crippen LogP contribution in [0.25, 0.3) is 0 Å². The number of esters is 1. The average molecular weight is 301 g/mol. The van der Waals surface area contributed by atoms with E-state index in [0.29, 0.717) is 6.54 Å². The van der Waals surface area contributed by atoms with Gasteiger partial charge in [-0.05, 0) is 41.5 Å². The van der Waals surface area contributed by atoms with Gasteiger partial charge in [0.05, 0.1) is 19.1 Å². The standard InChI is InChI=1S/C15H27NO5/c1-14(2,3)20-12(18)7-10-8-16(9-11(10)17)13(19)21-15(4,5)6/h10-11,17H,7-9H2,1-6H3/t10-,11-/m1/s1. The fraction of sp³-hybridized carbons (Fsp3) is 0.867. The number of hydrogen-bond acceptors (Lipinski definition) is 5. The van der Waals surface area contributed by atoms with Crippen LogP contribution < -0.4 is 0 Å². The van der Waals surface area contributed by atoms with E-state index in [9.17, 15) is 14.7 Å². The number of β-amino-alcohol motifs (C(OH)–C–C–N with tert-alkyl or cyclic N) is 1. The number of rotatable bonds is 2. The first kappa shape index (κ1) is 17.8. The number of carbonyl (C=O) groups is 2. The number of hydrogen-bond donors (Lipinski definition) is 1. The predicted molar refractivity (Wildman–Crippen MR) is 77.8 cm³/mol. The lowest BCUT2D eigenvalue weighted by Crippen LogP contribution is -2.36. The summed E-state index contributed by atoms with van der Waals surface area (Å²) in [6.45, 7) is 11.2. The number of likely N-dealkylation sites (tertiary alicyclic amines) is 1. The Bertz CT molecular complexity index is 394. The summed E-state index contributed by atoms with van der Waals surface area (Å²) < 4.78 is 10.5. The molecule has 1 amide bonds. The molecule has 1 N–H and O–H groups in total. The first-order valence-electron chi connectivity index (χ1n) is 7.25. The first-order chi connectivity index (χ1) is 9.37. The van der Waals surface area contributed by atoms with Gasteiger partial charge in [0.25, 0.3) is 0 Å². The summed E-state index contributed by atoms with van der Waals surface area (Å²) >= 11 is 0. The molecule has 21 heavy (non-hydrogen) atoms. The largest absolute Gasteiger partial charge is 0.460 e. The molecule has 6 heteroatoms. The Morgan fingerprint density at radius 3 is 2.05 bits per heavy atom. The lowest BCUT2D eigenvalue weighted by Gasteiger charge is -2.24. The molecule has 1 saturated heterocycles. The lowest BCUT2D eigenvalue weighted by molar-refractivity contribution is -0.156. The zero-order valence-electron chi connectivity index (χ0n) is 13.8. The molecule has 0 aliphatic carbocycles. The zero-order chi connectivity index (χ0) is 16.4. The second-order valence-corrected chi connectivity index (χ2v) is 7.50. The Morgan fingerprint density at radius 2 is 1.57 bits per heavy atom. The molecule has 0 radical (unpaired) electrons. The van der Waals surface area contributed by atoms with Crippen LogP contribution in [0.15, 0.2) is 0 Å². The van der Waals surface area contributed by atoms with E-state index in [4.69, 9.17) is 9.47 Å². The fourth-order valence-corrected chi connectivity index (χ4v) is 2.13. The van der Waals surface area contributed by atoms with Crippen molar-refractivity contribution in [1.82, 2.24) is 4.90 Å². The number of aliphatic hydroxyl groups excluding tert-OH is 1. The number of amides is 1. The van der Waals surface area contributed by atoms with E-state index in [2.05, 4.69) is 0 Å². The summed E-state index contributed by atoms with van der Waals surface area (Å²) in [6.07, 6.45) is -1.10. The van der Waals surface area contributed by atoms with Crippen LogP contribution >= 0.6 is 0 Å². The van der Waals surface area contributed by atoms with Crippen molar-refractivity contribution in [3.63, 3.8) is 0 Å². The van der Waals surface area contributed by atoms with Crippen molar-refractivity contribution in [2.45, 2.75) is 65.3 Å². The fourth-order valence-electron chi connectivity index (χ4n) is 2.13. The number of aliphatic hydroxyl groups is 1. The van der Waals surface area contributed by atoms with Gasteiger partial charge < -0.3 is 19.5 Å². The quantitative estimate of drug-likeness (QED) is 0.789. The van der Waals surface area contributed by atoms with Gasteiger partial charge in [-0.1, -0.05) is 0 Å². The van der Waals surface area contributed by atoms with Crippen LogP contribution in [0.1, 0.15) is 48.0 Å². The molecule has 0 bridgehead atoms. The maximum Gasteiger partial charge on any atom is 0.410 e. The molecule has 0 saturated carbocycles. The van der Waals surface area contributed by atoms with Crippen molar-refractivity contribution in [2.75, 3.05) is 13.1 Å². The van der Waals surface area contributed by atoms with E-state index in [1.165, 1.54) is 4.90 Å². The molecule has 0 aromatic heterocycles. The molecule has 0 aromatic rings. The van der Waals surface area contributed by atoms with E-state index in [0.717, 1.165) is 0 Å². The zero-order valence-corrected chi connectivity index (χ0v) is 13.8. The van der Waals surface area contributed by atoms with Crippen LogP contribution in [0.5, 0.6) is 0 Å². The molecule has 2 atom stereocenters. The molecular weight excluding hydrogens is 274 g/mol. The van der Waals surface area contributed by atoms with Crippen LogP contribution in [0, 0.1) is 5.92 Å². The van der Waals surface area contributed by atoms with E-state index in [1.54, 1.807) is 41.5 Å². The number of nitrogens with zero attached hydrogens (tertiary/aromatic N) is 1. The third kappa shape index (κ3) is 6.33. The summed E-state index contributed by atoms with van der Waals surface area (Å²) in [7, 11) is 0. The molecule has 122 valence electrons. The van der Waals surface area contributed by atoms with E-state index in [1.807, 2.05) is 0 Å². The molecule has 1 rings (SSSR count). The smallest absolute Gasteiger partial charge is 0.410 e. The third-order valence-corrected chi connectivity index (χ3v) is 2.91. The molecule has 0 spiro atoms. The van der Waals surface area contributed by atoms with Gasteiger partial charge in [0.15, 0.2) is 0 Å². The van der Waals surface area contributed by atoms with Crippen molar-refractivity contribution < 1.29 is 24.2 Å². The van der Waals surface area contributed by atoms with Crippen molar-refractivity contribution in [3.05, 3.63) is 0 Å². The predicted octanol–water partition coefficient (Wildman–Crippen LogP) is 1.95. The second kappa shape index (κ2) is 6.22. The molecule has 0 unspecified atom stereocenters. The van der Waals surface area contributed by atoms with Gasteiger partial charge in [-0.25, -0.2) is 4.79 Å². The molecule has 1 heterocycles. The van der Waals surface area contributed by atoms with Crippen molar-refractivity contribution in [3.8, 4) is 0 Å². The minimum Gasteiger partial charge on any atom is -0.460 e. The Balaban J connectivity index is 2.53. The highest BCUT2D eigenvalue weighted by molar-refractivity contribution is 5.71. The van der Waals surface area contributed by atoms with Gasteiger partial charge in [-0.3, -0.25) is 4.79 Å². The topological polar surface area (TPSA) is 76.1 Å². The van der Waals surface area contributed by atoms with Crippen molar-refractivity contribution in [2.24, 2.45) is 5.92 Å². The summed E-state index contributed by atoms with van der Waals surface area (Å²) in [6, 6.07) is 0. The molecule has 6 nitrogen and oxygen atoms in total. The van der Waals surface area contributed by atoms with Gasteiger partial charge in [0.1, 0.15) is 11.2 Å². The SMILES string of the molecule is CC(C)(C)OC(=O)C[C@@H]1CN(C(=O)OC(C)(C)C)C[C@H]1O. The Morgan fingerprint density at radius 1 is 1.05 bits per heavy atom. The van der Waals surface area contributed by atoms with Crippen LogP contribution in [-0.2, 0) is 14.3 Å². The van der Waals surface area contributed by atoms with Crippen LogP contribution in [0.4, 0.5) is 4.79 Å². The van der Waals surface area contributed by atoms with Crippen LogP contribution in [-0.4, -0.2) is 52.5 Å². The van der Waals surface area contributed by atoms with Crippen molar-refractivity contribution >= 4 is 12.1 Å². The summed E-state index contributed by atoms with van der Waals surface area (Å²) in [4.78, 5) is 25.2. The highest BCUT2D eigenvalue weighted by Crippen LogP contribution is 2.24. The van der Waals surface area contributed by atoms with Gasteiger partial charge >= 0.3 is 12.1 Å². The Labute approximate surface area is 126 Å². The maximum absolute atomic E-state index is 11.9. The number of carbonyl (C=O) groups excluding carboxylic acids is 2. The molecule has 0 aromatic carbocycles. The van der Waals surface area contributed by atoms with Gasteiger partial charge in [0.2, 0.25) is 0 Å². The normalized spacial score (nSPS) is 23.1. The van der Waals surface area contributed by atoms with Crippen LogP contribution in [0.2, 0.25) is 0 Å². The van der Waals surface area contributed by atoms with E-state index in [-0.39, 0.29) is 24.9 Å². The highest BCUT2D eigenvalue weighted by atomic mass is 16.6. The van der Waals surface area contributed by atoms with E-state index >= 15 is 0 Å². The molecular formula is C15H27NO5. The van der Waals surface area contributed by atoms with E-state index < -0.39 is 23.4 Å². The minimum absolute atomic E-state index is 0.0950. The van der Waals surface area contributed by atoms with Gasteiger partial charge in [-0.15, -0.1) is 0 Å². The lowest BCUT2D eigenvalue weighted by atomic mass is 10.0. The monoisotopic (exact) mass is 301 g/mol. The van der Waals surface area contributed by atoms with Crippen LogP contribution in [0.3, 0.4) is 0 Å². The van der Waals surface area contributed by atoms with Crippen molar-refractivity contribution in [1.29, 1.82) is 0 Å². The summed E-state index contributed by atoms with van der Waals surface area (Å²) in [5.74, 6) is -0.676. The first-order valence-corrected chi connectivity index (χ1v) is 7.25. The molecule has 1 aliphatic heterocycles. The Hall–Kier alpha value is -1.30. The third-order valence-electron chi connectivity index (χ3n) is 2.91. The summed E-state index contributed by atoms with van der Waals surface area (Å²) in [5, 5.41) is 10.00. The molecule has 1 fully saturated rings. The van der Waals surface area contributed by atoms with Gasteiger partial charge in [0, 0.05) is 12.5 Å². The average Bonchev–Trinajstić information content (AvgIpc) is 2.54. The number of ether oxygens (including phenoxy) is 2.